The normalized spacial score (nSPS) is 12.2. The summed E-state index contributed by atoms with van der Waals surface area (Å²) in [5.41, 5.74) is 0.960. The molecule has 6 nitrogen and oxygen atoms in total. The Morgan fingerprint density at radius 1 is 1.22 bits per heavy atom. The number of amides is 1. The number of hydrogen-bond donors (Lipinski definition) is 1. The molecule has 0 saturated carbocycles. The quantitative estimate of drug-likeness (QED) is 0.737. The van der Waals surface area contributed by atoms with Crippen LogP contribution in [-0.4, -0.2) is 26.4 Å². The van der Waals surface area contributed by atoms with E-state index in [4.69, 9.17) is 30.5 Å². The molecule has 2 aromatic carbocycles. The molecule has 27 heavy (non-hydrogen) atoms. The Kier molecular flexibility index (Phi) is 5.96. The summed E-state index contributed by atoms with van der Waals surface area (Å²) in [6.07, 6.45) is 0.895. The molecule has 0 aromatic heterocycles. The van der Waals surface area contributed by atoms with E-state index in [0.717, 1.165) is 6.42 Å². The van der Waals surface area contributed by atoms with Crippen molar-refractivity contribution in [2.45, 2.75) is 20.3 Å². The second kappa shape index (κ2) is 8.39. The van der Waals surface area contributed by atoms with Gasteiger partial charge in [0.2, 0.25) is 6.79 Å². The Morgan fingerprint density at radius 2 is 2.00 bits per heavy atom. The zero-order valence-corrected chi connectivity index (χ0v) is 16.3. The first-order chi connectivity index (χ1) is 13.0. The molecule has 0 radical (unpaired) electrons. The fraction of sp³-hybridized carbons (Fsp3) is 0.350. The van der Waals surface area contributed by atoms with Gasteiger partial charge in [-0.2, -0.15) is 0 Å². The summed E-state index contributed by atoms with van der Waals surface area (Å²) in [6, 6.07) is 8.38. The summed E-state index contributed by atoms with van der Waals surface area (Å²) in [5, 5.41) is 3.14. The fourth-order valence-corrected chi connectivity index (χ4v) is 2.83. The molecule has 144 valence electrons. The van der Waals surface area contributed by atoms with Crippen molar-refractivity contribution in [1.82, 2.24) is 0 Å². The van der Waals surface area contributed by atoms with Crippen LogP contribution in [0.25, 0.3) is 0 Å². The summed E-state index contributed by atoms with van der Waals surface area (Å²) in [6.45, 7) is 4.94. The van der Waals surface area contributed by atoms with Gasteiger partial charge in [-0.1, -0.05) is 25.4 Å². The van der Waals surface area contributed by atoms with Gasteiger partial charge in [0.15, 0.2) is 23.0 Å². The number of fused-ring (bicyclic) bond motifs is 1. The summed E-state index contributed by atoms with van der Waals surface area (Å²) >= 11 is 6.33. The average Bonchev–Trinajstić information content (AvgIpc) is 3.10. The van der Waals surface area contributed by atoms with Crippen LogP contribution >= 0.6 is 11.6 Å². The highest BCUT2D eigenvalue weighted by Crippen LogP contribution is 2.37. The van der Waals surface area contributed by atoms with Gasteiger partial charge >= 0.3 is 0 Å². The summed E-state index contributed by atoms with van der Waals surface area (Å²) < 4.78 is 21.7. The van der Waals surface area contributed by atoms with Gasteiger partial charge in [-0.25, -0.2) is 0 Å². The lowest BCUT2D eigenvalue weighted by atomic mass is 10.1. The lowest BCUT2D eigenvalue weighted by Gasteiger charge is -2.15. The van der Waals surface area contributed by atoms with Gasteiger partial charge in [0, 0.05) is 17.3 Å². The average molecular weight is 392 g/mol. The van der Waals surface area contributed by atoms with E-state index in [9.17, 15) is 4.79 Å². The van der Waals surface area contributed by atoms with Crippen molar-refractivity contribution in [3.8, 4) is 23.0 Å². The van der Waals surface area contributed by atoms with E-state index in [-0.39, 0.29) is 12.7 Å². The molecule has 0 atom stereocenters. The monoisotopic (exact) mass is 391 g/mol. The molecule has 1 aliphatic heterocycles. The Balaban J connectivity index is 1.75. The van der Waals surface area contributed by atoms with Crippen LogP contribution in [-0.2, 0) is 0 Å². The minimum absolute atomic E-state index is 0.178. The number of ether oxygens (including phenoxy) is 4. The van der Waals surface area contributed by atoms with Crippen molar-refractivity contribution >= 4 is 23.2 Å². The maximum absolute atomic E-state index is 12.6. The van der Waals surface area contributed by atoms with Crippen molar-refractivity contribution in [3.63, 3.8) is 0 Å². The largest absolute Gasteiger partial charge is 0.493 e. The molecular weight excluding hydrogens is 370 g/mol. The smallest absolute Gasteiger partial charge is 0.255 e. The van der Waals surface area contributed by atoms with Crippen molar-refractivity contribution in [3.05, 3.63) is 40.9 Å². The van der Waals surface area contributed by atoms with Crippen LogP contribution < -0.4 is 24.3 Å². The predicted molar refractivity (Wildman–Crippen MR) is 103 cm³/mol. The van der Waals surface area contributed by atoms with Gasteiger partial charge < -0.3 is 24.3 Å². The molecule has 3 rings (SSSR count). The van der Waals surface area contributed by atoms with Crippen LogP contribution in [0.15, 0.2) is 30.3 Å². The highest BCUT2D eigenvalue weighted by molar-refractivity contribution is 6.32. The molecule has 0 aliphatic carbocycles. The number of halogens is 1. The zero-order valence-electron chi connectivity index (χ0n) is 15.5. The molecule has 0 saturated heterocycles. The van der Waals surface area contributed by atoms with E-state index >= 15 is 0 Å². The molecule has 1 heterocycles. The van der Waals surface area contributed by atoms with Crippen LogP contribution in [0.4, 0.5) is 5.69 Å². The summed E-state index contributed by atoms with van der Waals surface area (Å²) in [4.78, 5) is 12.6. The van der Waals surface area contributed by atoms with Crippen molar-refractivity contribution in [1.29, 1.82) is 0 Å². The van der Waals surface area contributed by atoms with E-state index in [1.807, 2.05) is 0 Å². The Bertz CT molecular complexity index is 837. The number of hydrogen-bond acceptors (Lipinski definition) is 5. The predicted octanol–water partition coefficient (Wildman–Crippen LogP) is 4.75. The summed E-state index contributed by atoms with van der Waals surface area (Å²) in [5.74, 6) is 2.31. The van der Waals surface area contributed by atoms with E-state index in [0.29, 0.717) is 51.8 Å². The lowest BCUT2D eigenvalue weighted by Crippen LogP contribution is -2.12. The second-order valence-corrected chi connectivity index (χ2v) is 6.95. The maximum atomic E-state index is 12.6. The molecule has 0 fully saturated rings. The molecule has 0 unspecified atom stereocenters. The number of carbonyl (C=O) groups excluding carboxylic acids is 1. The van der Waals surface area contributed by atoms with Gasteiger partial charge in [-0.15, -0.1) is 0 Å². The second-order valence-electron chi connectivity index (χ2n) is 6.54. The Hall–Kier alpha value is -2.60. The van der Waals surface area contributed by atoms with E-state index in [1.54, 1.807) is 30.3 Å². The molecule has 7 heteroatoms. The molecule has 0 spiro atoms. The third-order valence-corrected chi connectivity index (χ3v) is 4.34. The topological polar surface area (TPSA) is 66.0 Å². The van der Waals surface area contributed by atoms with Gasteiger partial charge in [0.25, 0.3) is 5.91 Å². The van der Waals surface area contributed by atoms with Crippen LogP contribution in [0, 0.1) is 5.92 Å². The van der Waals surface area contributed by atoms with E-state index < -0.39 is 0 Å². The van der Waals surface area contributed by atoms with Crippen LogP contribution in [0.5, 0.6) is 23.0 Å². The Labute approximate surface area is 163 Å². The first-order valence-corrected chi connectivity index (χ1v) is 9.07. The van der Waals surface area contributed by atoms with Crippen LogP contribution in [0.2, 0.25) is 5.02 Å². The van der Waals surface area contributed by atoms with Crippen LogP contribution in [0.1, 0.15) is 30.6 Å². The molecule has 1 amide bonds. The van der Waals surface area contributed by atoms with Gasteiger partial charge in [0.1, 0.15) is 0 Å². The van der Waals surface area contributed by atoms with E-state index in [2.05, 4.69) is 19.2 Å². The fourth-order valence-electron chi connectivity index (χ4n) is 2.57. The van der Waals surface area contributed by atoms with Gasteiger partial charge in [0.05, 0.1) is 18.7 Å². The van der Waals surface area contributed by atoms with Crippen molar-refractivity contribution in [2.75, 3.05) is 25.8 Å². The lowest BCUT2D eigenvalue weighted by molar-refractivity contribution is 0.102. The minimum Gasteiger partial charge on any atom is -0.493 e. The number of carbonyl (C=O) groups is 1. The first kappa shape index (κ1) is 19.2. The molecule has 1 N–H and O–H groups in total. The highest BCUT2D eigenvalue weighted by atomic mass is 35.5. The molecular formula is C20H22ClNO5. The number of anilines is 1. The SMILES string of the molecule is COc1cc(C(=O)Nc2ccc3c(c2)OCO3)cc(Cl)c1OCCC(C)C. The number of methoxy groups -OCH3 is 1. The minimum atomic E-state index is -0.317. The van der Waals surface area contributed by atoms with Crippen molar-refractivity contribution < 1.29 is 23.7 Å². The third kappa shape index (κ3) is 4.57. The van der Waals surface area contributed by atoms with Gasteiger partial charge in [-0.3, -0.25) is 4.79 Å². The van der Waals surface area contributed by atoms with Crippen molar-refractivity contribution in [2.24, 2.45) is 5.92 Å². The molecule has 1 aliphatic rings. The standard InChI is InChI=1S/C20H22ClNO5/c1-12(2)6-7-25-19-15(21)8-13(9-18(19)24-3)20(23)22-14-4-5-16-17(10-14)27-11-26-16/h4-5,8-10,12H,6-7,11H2,1-3H3,(H,22,23). The molecule has 0 bridgehead atoms. The summed E-state index contributed by atoms with van der Waals surface area (Å²) in [7, 11) is 1.51. The highest BCUT2D eigenvalue weighted by Gasteiger charge is 2.18. The maximum Gasteiger partial charge on any atom is 0.255 e. The Morgan fingerprint density at radius 3 is 2.74 bits per heavy atom. The number of benzene rings is 2. The zero-order chi connectivity index (χ0) is 19.4. The van der Waals surface area contributed by atoms with Crippen LogP contribution in [0.3, 0.4) is 0 Å². The molecule has 2 aromatic rings. The number of rotatable bonds is 7. The third-order valence-electron chi connectivity index (χ3n) is 4.06. The van der Waals surface area contributed by atoms with Gasteiger partial charge in [-0.05, 0) is 36.6 Å². The number of nitrogens with one attached hydrogen (secondary N) is 1. The first-order valence-electron chi connectivity index (χ1n) is 8.69. The van der Waals surface area contributed by atoms with E-state index in [1.165, 1.54) is 7.11 Å².